The van der Waals surface area contributed by atoms with Gasteiger partial charge >= 0.3 is 5.97 Å². The van der Waals surface area contributed by atoms with Crippen molar-refractivity contribution in [2.45, 2.75) is 45.8 Å². The molecule has 0 radical (unpaired) electrons. The first kappa shape index (κ1) is 13.9. The van der Waals surface area contributed by atoms with E-state index in [9.17, 15) is 9.59 Å². The van der Waals surface area contributed by atoms with Crippen LogP contribution in [0.4, 0.5) is 0 Å². The number of hydrogen-bond acceptors (Lipinski definition) is 4. The van der Waals surface area contributed by atoms with Crippen molar-refractivity contribution in [3.63, 3.8) is 0 Å². The quantitative estimate of drug-likeness (QED) is 0.642. The van der Waals surface area contributed by atoms with E-state index >= 15 is 0 Å². The zero-order valence-corrected chi connectivity index (χ0v) is 9.79. The van der Waals surface area contributed by atoms with E-state index in [1.54, 1.807) is 20.8 Å². The van der Waals surface area contributed by atoms with Crippen molar-refractivity contribution in [3.05, 3.63) is 0 Å². The van der Waals surface area contributed by atoms with E-state index in [2.05, 4.69) is 5.32 Å². The average Bonchev–Trinajstić information content (AvgIpc) is 1.99. The van der Waals surface area contributed by atoms with Gasteiger partial charge in [0.15, 0.2) is 0 Å². The summed E-state index contributed by atoms with van der Waals surface area (Å²) in [5.41, 5.74) is 4.59. The van der Waals surface area contributed by atoms with E-state index in [0.717, 1.165) is 0 Å². The lowest BCUT2D eigenvalue weighted by Gasteiger charge is -2.21. The normalized spacial score (nSPS) is 13.3. The van der Waals surface area contributed by atoms with Crippen LogP contribution in [0.15, 0.2) is 0 Å². The van der Waals surface area contributed by atoms with E-state index in [4.69, 9.17) is 10.5 Å². The summed E-state index contributed by atoms with van der Waals surface area (Å²) in [4.78, 5) is 22.3. The van der Waals surface area contributed by atoms with Gasteiger partial charge in [-0.15, -0.1) is 0 Å². The zero-order valence-electron chi connectivity index (χ0n) is 9.79. The maximum atomic E-state index is 11.4. The number of esters is 1. The molecular weight excluding hydrogens is 196 g/mol. The predicted molar refractivity (Wildman–Crippen MR) is 57.1 cm³/mol. The number of nitrogens with one attached hydrogen (secondary N) is 1. The molecule has 0 aliphatic heterocycles. The minimum Gasteiger partial charge on any atom is -0.460 e. The summed E-state index contributed by atoms with van der Waals surface area (Å²) in [6.07, 6.45) is -0.0273. The molecule has 0 aromatic rings. The zero-order chi connectivity index (χ0) is 12.1. The molecule has 0 aromatic carbocycles. The Balaban J connectivity index is 4.18. The predicted octanol–water partition coefficient (Wildman–Crippen LogP) is 0.182. The van der Waals surface area contributed by atoms with Crippen LogP contribution in [0.25, 0.3) is 0 Å². The lowest BCUT2D eigenvalue weighted by atomic mass is 10.1. The van der Waals surface area contributed by atoms with E-state index in [1.165, 1.54) is 0 Å². The van der Waals surface area contributed by atoms with Crippen molar-refractivity contribution < 1.29 is 14.3 Å². The van der Waals surface area contributed by atoms with Crippen molar-refractivity contribution in [3.8, 4) is 0 Å². The Labute approximate surface area is 90.4 Å². The minimum atomic E-state index is -0.648. The fourth-order valence-electron chi connectivity index (χ4n) is 1.07. The largest absolute Gasteiger partial charge is 0.460 e. The number of nitrogens with two attached hydrogens (primary N) is 1. The van der Waals surface area contributed by atoms with Crippen molar-refractivity contribution in [2.75, 3.05) is 6.54 Å². The van der Waals surface area contributed by atoms with Crippen molar-refractivity contribution in [2.24, 2.45) is 5.73 Å². The van der Waals surface area contributed by atoms with Gasteiger partial charge in [-0.2, -0.15) is 0 Å². The lowest BCUT2D eigenvalue weighted by molar-refractivity contribution is -0.156. The Morgan fingerprint density at radius 1 is 1.40 bits per heavy atom. The second-order valence-electron chi connectivity index (χ2n) is 4.30. The monoisotopic (exact) mass is 216 g/mol. The molecule has 1 amide bonds. The number of carbonyl (C=O) groups is 2. The Morgan fingerprint density at radius 3 is 2.27 bits per heavy atom. The SMILES string of the molecule is CCN[C@@H](CC(=O)OC(C)(C)C)C(N)=O. The molecule has 5 nitrogen and oxygen atoms in total. The van der Waals surface area contributed by atoms with Gasteiger partial charge in [-0.05, 0) is 27.3 Å². The van der Waals surface area contributed by atoms with Crippen LogP contribution in [0.2, 0.25) is 0 Å². The maximum absolute atomic E-state index is 11.4. The highest BCUT2D eigenvalue weighted by Crippen LogP contribution is 2.09. The first-order valence-electron chi connectivity index (χ1n) is 5.00. The van der Waals surface area contributed by atoms with Gasteiger partial charge in [0.1, 0.15) is 5.60 Å². The highest BCUT2D eigenvalue weighted by Gasteiger charge is 2.22. The van der Waals surface area contributed by atoms with Gasteiger partial charge in [0.05, 0.1) is 12.5 Å². The van der Waals surface area contributed by atoms with E-state index < -0.39 is 23.5 Å². The van der Waals surface area contributed by atoms with Gasteiger partial charge in [-0.3, -0.25) is 9.59 Å². The molecule has 0 spiro atoms. The van der Waals surface area contributed by atoms with E-state index in [0.29, 0.717) is 6.54 Å². The molecular formula is C10H20N2O3. The molecule has 0 saturated carbocycles. The molecule has 0 saturated heterocycles. The summed E-state index contributed by atoms with van der Waals surface area (Å²) in [5.74, 6) is -0.963. The smallest absolute Gasteiger partial charge is 0.308 e. The van der Waals surface area contributed by atoms with Crippen molar-refractivity contribution >= 4 is 11.9 Å². The molecule has 0 unspecified atom stereocenters. The Hall–Kier alpha value is -1.10. The summed E-state index contributed by atoms with van der Waals surface area (Å²) < 4.78 is 5.08. The molecule has 5 heteroatoms. The topological polar surface area (TPSA) is 81.4 Å². The number of rotatable bonds is 5. The fourth-order valence-corrected chi connectivity index (χ4v) is 1.07. The van der Waals surface area contributed by atoms with Crippen LogP contribution >= 0.6 is 0 Å². The molecule has 0 aliphatic rings. The molecule has 3 N–H and O–H groups in total. The summed E-state index contributed by atoms with van der Waals surface area (Å²) in [5, 5.41) is 2.82. The molecule has 0 bridgehead atoms. The molecule has 15 heavy (non-hydrogen) atoms. The molecule has 88 valence electrons. The highest BCUT2D eigenvalue weighted by molar-refractivity contribution is 5.85. The molecule has 1 atom stereocenters. The third kappa shape index (κ3) is 6.90. The summed E-state index contributed by atoms with van der Waals surface area (Å²) in [6, 6.07) is -0.648. The molecule has 0 aromatic heterocycles. The fraction of sp³-hybridized carbons (Fsp3) is 0.800. The lowest BCUT2D eigenvalue weighted by Crippen LogP contribution is -2.43. The Morgan fingerprint density at radius 2 is 1.93 bits per heavy atom. The van der Waals surface area contributed by atoms with Gasteiger partial charge in [-0.1, -0.05) is 6.92 Å². The summed E-state index contributed by atoms with van der Waals surface area (Å²) >= 11 is 0. The maximum Gasteiger partial charge on any atom is 0.308 e. The second kappa shape index (κ2) is 5.70. The van der Waals surface area contributed by atoms with Gasteiger partial charge < -0.3 is 15.8 Å². The van der Waals surface area contributed by atoms with Crippen molar-refractivity contribution in [1.82, 2.24) is 5.32 Å². The van der Waals surface area contributed by atoms with E-state index in [1.807, 2.05) is 6.92 Å². The molecule has 0 rings (SSSR count). The number of likely N-dealkylation sites (N-methyl/N-ethyl adjacent to an activating group) is 1. The van der Waals surface area contributed by atoms with Crippen molar-refractivity contribution in [1.29, 1.82) is 0 Å². The number of amides is 1. The Kier molecular flexibility index (Phi) is 5.28. The van der Waals surface area contributed by atoms with Crippen LogP contribution in [0.1, 0.15) is 34.1 Å². The number of carbonyl (C=O) groups excluding carboxylic acids is 2. The van der Waals surface area contributed by atoms with Crippen LogP contribution in [0, 0.1) is 0 Å². The number of primary amides is 1. The van der Waals surface area contributed by atoms with Crippen LogP contribution in [0.3, 0.4) is 0 Å². The third-order valence-corrected chi connectivity index (χ3v) is 1.58. The summed E-state index contributed by atoms with van der Waals surface area (Å²) in [7, 11) is 0. The number of ether oxygens (including phenoxy) is 1. The molecule has 0 heterocycles. The van der Waals surface area contributed by atoms with Crippen LogP contribution in [0.5, 0.6) is 0 Å². The van der Waals surface area contributed by atoms with Gasteiger partial charge in [0.2, 0.25) is 5.91 Å². The molecule has 0 aliphatic carbocycles. The minimum absolute atomic E-state index is 0.0273. The number of hydrogen-bond donors (Lipinski definition) is 2. The van der Waals surface area contributed by atoms with Crippen LogP contribution in [-0.4, -0.2) is 30.1 Å². The highest BCUT2D eigenvalue weighted by atomic mass is 16.6. The van der Waals surface area contributed by atoms with Gasteiger partial charge in [0.25, 0.3) is 0 Å². The Bertz CT molecular complexity index is 233. The van der Waals surface area contributed by atoms with Crippen LogP contribution in [-0.2, 0) is 14.3 Å². The third-order valence-electron chi connectivity index (χ3n) is 1.58. The van der Waals surface area contributed by atoms with E-state index in [-0.39, 0.29) is 6.42 Å². The van der Waals surface area contributed by atoms with Crippen LogP contribution < -0.4 is 11.1 Å². The molecule has 0 fully saturated rings. The van der Waals surface area contributed by atoms with Gasteiger partial charge in [-0.25, -0.2) is 0 Å². The first-order valence-corrected chi connectivity index (χ1v) is 5.00. The second-order valence-corrected chi connectivity index (χ2v) is 4.30. The standard InChI is InChI=1S/C10H20N2O3/c1-5-12-7(9(11)14)6-8(13)15-10(2,3)4/h7,12H,5-6H2,1-4H3,(H2,11,14)/t7-/m0/s1. The first-order chi connectivity index (χ1) is 6.76. The van der Waals surface area contributed by atoms with Gasteiger partial charge in [0, 0.05) is 0 Å². The summed E-state index contributed by atoms with van der Waals surface area (Å²) in [6.45, 7) is 7.74. The average molecular weight is 216 g/mol.